The normalized spacial score (nSPS) is 16.6. The Hall–Kier alpha value is -4.25. The van der Waals surface area contributed by atoms with Crippen molar-refractivity contribution >= 4 is 17.6 Å². The molecule has 6 rings (SSSR count). The maximum atomic E-state index is 14.7. The summed E-state index contributed by atoms with van der Waals surface area (Å²) in [5, 5.41) is 22.9. The molecule has 1 heterocycles. The number of rotatable bonds is 10. The zero-order valence-corrected chi connectivity index (χ0v) is 24.3. The summed E-state index contributed by atoms with van der Waals surface area (Å²) < 4.78 is 21.0. The van der Waals surface area contributed by atoms with Gasteiger partial charge in [-0.3, -0.25) is 15.1 Å². The first kappa shape index (κ1) is 28.9. The Labute approximate surface area is 255 Å². The van der Waals surface area contributed by atoms with Crippen molar-refractivity contribution in [2.45, 2.75) is 63.1 Å². The second-order valence-corrected chi connectivity index (χ2v) is 11.8. The predicted octanol–water partition coefficient (Wildman–Crippen LogP) is 7.36. The van der Waals surface area contributed by atoms with Crippen molar-refractivity contribution in [3.63, 3.8) is 0 Å². The number of fused-ring (bicyclic) bond motifs is 1. The van der Waals surface area contributed by atoms with Crippen LogP contribution in [0.3, 0.4) is 0 Å². The third kappa shape index (κ3) is 5.86. The Bertz CT molecular complexity index is 1730. The van der Waals surface area contributed by atoms with Gasteiger partial charge in [0.2, 0.25) is 0 Å². The zero-order chi connectivity index (χ0) is 30.0. The first-order valence-electron chi connectivity index (χ1n) is 14.5. The molecular weight excluding hydrogens is 565 g/mol. The maximum Gasteiger partial charge on any atom is 0.323 e. The summed E-state index contributed by atoms with van der Waals surface area (Å²) in [5.74, 6) is -0.265. The van der Waals surface area contributed by atoms with Crippen molar-refractivity contribution in [2.24, 2.45) is 0 Å². The summed E-state index contributed by atoms with van der Waals surface area (Å²) >= 11 is 6.88. The largest absolute Gasteiger partial charge is 0.489 e. The third-order valence-corrected chi connectivity index (χ3v) is 9.16. The number of ether oxygens (including phenoxy) is 1. The Morgan fingerprint density at radius 1 is 1.12 bits per heavy atom. The molecule has 0 saturated heterocycles. The first-order chi connectivity index (χ1) is 20.9. The van der Waals surface area contributed by atoms with Crippen LogP contribution in [0.2, 0.25) is 5.02 Å². The number of carboxylic acids is 1. The number of hydrogen-bond donors (Lipinski definition) is 2. The fourth-order valence-corrected chi connectivity index (χ4v) is 6.53. The fraction of sp³-hybridized carbons (Fsp3) is 0.286. The van der Waals surface area contributed by atoms with Gasteiger partial charge in [0.25, 0.3) is 0 Å². The van der Waals surface area contributed by atoms with Crippen LogP contribution < -0.4 is 10.1 Å². The quantitative estimate of drug-likeness (QED) is 0.199. The van der Waals surface area contributed by atoms with Crippen LogP contribution in [-0.2, 0) is 30.8 Å². The number of benzene rings is 3. The van der Waals surface area contributed by atoms with Crippen molar-refractivity contribution in [2.75, 3.05) is 0 Å². The van der Waals surface area contributed by atoms with Crippen molar-refractivity contribution in [3.05, 3.63) is 117 Å². The van der Waals surface area contributed by atoms with Gasteiger partial charge in [0.1, 0.15) is 29.8 Å². The predicted molar refractivity (Wildman–Crippen MR) is 162 cm³/mol. The number of carboxylic acid groups (broad SMARTS) is 1. The highest BCUT2D eigenvalue weighted by Crippen LogP contribution is 2.43. The lowest BCUT2D eigenvalue weighted by atomic mass is 9.76. The van der Waals surface area contributed by atoms with Gasteiger partial charge in [0.05, 0.1) is 5.56 Å². The van der Waals surface area contributed by atoms with E-state index in [4.69, 9.17) is 16.3 Å². The number of halogens is 2. The van der Waals surface area contributed by atoms with Crippen LogP contribution in [0.15, 0.2) is 73.1 Å². The van der Waals surface area contributed by atoms with Gasteiger partial charge in [-0.1, -0.05) is 48.0 Å². The molecule has 2 aliphatic rings. The summed E-state index contributed by atoms with van der Waals surface area (Å²) in [6, 6.07) is 20.6. The van der Waals surface area contributed by atoms with Gasteiger partial charge < -0.3 is 9.84 Å². The second-order valence-electron chi connectivity index (χ2n) is 11.4. The average molecular weight is 596 g/mol. The standard InChI is InChI=1S/C35H31ClFN3O3/c36-31-15-26(20-40-35(34(41)42)11-4-12-35)33(43-21-23-13-22(17-38)18-39-19-23)16-25(31)14-24-9-10-29-27(24)6-3-7-28(29)30-5-1-2-8-32(30)37/h1-3,5-8,13,15-16,18-19,24,40H,4,9-12,14,20-21H2,(H,41,42)/t24-/m1/s1. The van der Waals surface area contributed by atoms with Crippen LogP contribution in [0.5, 0.6) is 5.75 Å². The summed E-state index contributed by atoms with van der Waals surface area (Å²) in [5.41, 5.74) is 5.89. The van der Waals surface area contributed by atoms with E-state index in [0.29, 0.717) is 41.2 Å². The van der Waals surface area contributed by atoms with Gasteiger partial charge in [0.15, 0.2) is 0 Å². The van der Waals surface area contributed by atoms with E-state index in [0.717, 1.165) is 41.5 Å². The van der Waals surface area contributed by atoms with E-state index < -0.39 is 11.5 Å². The molecule has 0 radical (unpaired) electrons. The van der Waals surface area contributed by atoms with Crippen molar-refractivity contribution in [1.29, 1.82) is 5.26 Å². The van der Waals surface area contributed by atoms with Gasteiger partial charge in [0, 0.05) is 40.7 Å². The summed E-state index contributed by atoms with van der Waals surface area (Å²) in [7, 11) is 0. The summed E-state index contributed by atoms with van der Waals surface area (Å²) in [6.45, 7) is 0.481. The molecule has 3 aromatic carbocycles. The molecule has 0 unspecified atom stereocenters. The molecule has 8 heteroatoms. The van der Waals surface area contributed by atoms with Gasteiger partial charge in [-0.2, -0.15) is 5.26 Å². The zero-order valence-electron chi connectivity index (χ0n) is 23.6. The van der Waals surface area contributed by atoms with Gasteiger partial charge in [-0.25, -0.2) is 4.39 Å². The fourth-order valence-electron chi connectivity index (χ4n) is 6.27. The highest BCUT2D eigenvalue weighted by Gasteiger charge is 2.44. The molecule has 2 N–H and O–H groups in total. The number of aromatic nitrogens is 1. The molecule has 0 amide bonds. The first-order valence-corrected chi connectivity index (χ1v) is 14.9. The molecule has 6 nitrogen and oxygen atoms in total. The molecule has 0 aliphatic heterocycles. The molecule has 4 aromatic rings. The number of aliphatic carboxylic acids is 1. The average Bonchev–Trinajstić information content (AvgIpc) is 3.40. The van der Waals surface area contributed by atoms with Crippen LogP contribution in [-0.4, -0.2) is 21.6 Å². The van der Waals surface area contributed by atoms with Crippen LogP contribution in [0.25, 0.3) is 11.1 Å². The Kier molecular flexibility index (Phi) is 8.16. The smallest absolute Gasteiger partial charge is 0.323 e. The molecule has 1 aromatic heterocycles. The lowest BCUT2D eigenvalue weighted by molar-refractivity contribution is -0.148. The lowest BCUT2D eigenvalue weighted by Gasteiger charge is -2.38. The van der Waals surface area contributed by atoms with E-state index in [9.17, 15) is 19.6 Å². The molecule has 43 heavy (non-hydrogen) atoms. The Morgan fingerprint density at radius 2 is 1.93 bits per heavy atom. The Balaban J connectivity index is 1.28. The number of nitrogens with zero attached hydrogens (tertiary/aromatic N) is 2. The van der Waals surface area contributed by atoms with Gasteiger partial charge in [-0.05, 0) is 91.0 Å². The molecule has 2 aliphatic carbocycles. The van der Waals surface area contributed by atoms with Gasteiger partial charge in [-0.15, -0.1) is 0 Å². The number of pyridine rings is 1. The molecule has 0 bridgehead atoms. The van der Waals surface area contributed by atoms with Crippen molar-refractivity contribution < 1.29 is 19.0 Å². The molecule has 218 valence electrons. The Morgan fingerprint density at radius 3 is 2.67 bits per heavy atom. The maximum absolute atomic E-state index is 14.7. The lowest BCUT2D eigenvalue weighted by Crippen LogP contribution is -2.56. The monoisotopic (exact) mass is 595 g/mol. The minimum Gasteiger partial charge on any atom is -0.489 e. The van der Waals surface area contributed by atoms with E-state index >= 15 is 0 Å². The minimum absolute atomic E-state index is 0.193. The highest BCUT2D eigenvalue weighted by atomic mass is 35.5. The summed E-state index contributed by atoms with van der Waals surface area (Å²) in [4.78, 5) is 16.1. The minimum atomic E-state index is -0.934. The summed E-state index contributed by atoms with van der Waals surface area (Å²) in [6.07, 6.45) is 7.64. The van der Waals surface area contributed by atoms with Gasteiger partial charge >= 0.3 is 5.97 Å². The third-order valence-electron chi connectivity index (χ3n) is 8.81. The SMILES string of the molecule is N#Cc1cncc(COc2cc(C[C@H]3CCc4c(-c5ccccc5F)cccc43)c(Cl)cc2CNC2(C(=O)O)CCC2)c1. The molecular formula is C35H31ClFN3O3. The molecule has 1 saturated carbocycles. The number of hydrogen-bond acceptors (Lipinski definition) is 5. The molecule has 1 fully saturated rings. The van der Waals surface area contributed by atoms with E-state index in [-0.39, 0.29) is 24.9 Å². The van der Waals surface area contributed by atoms with E-state index in [1.807, 2.05) is 36.4 Å². The number of carbonyl (C=O) groups is 1. The van der Waals surface area contributed by atoms with Crippen LogP contribution >= 0.6 is 11.6 Å². The second kappa shape index (κ2) is 12.2. The topological polar surface area (TPSA) is 95.2 Å². The molecule has 1 atom stereocenters. The van der Waals surface area contributed by atoms with Crippen LogP contribution in [0, 0.1) is 17.1 Å². The van der Waals surface area contributed by atoms with Crippen molar-refractivity contribution in [1.82, 2.24) is 10.3 Å². The van der Waals surface area contributed by atoms with E-state index in [1.54, 1.807) is 18.3 Å². The highest BCUT2D eigenvalue weighted by molar-refractivity contribution is 6.31. The van der Waals surface area contributed by atoms with E-state index in [1.165, 1.54) is 23.4 Å². The number of nitrogens with one attached hydrogen (secondary N) is 1. The van der Waals surface area contributed by atoms with Crippen LogP contribution in [0.1, 0.15) is 65.0 Å². The number of nitriles is 1. The van der Waals surface area contributed by atoms with E-state index in [2.05, 4.69) is 22.4 Å². The van der Waals surface area contributed by atoms with Crippen LogP contribution in [0.4, 0.5) is 4.39 Å². The van der Waals surface area contributed by atoms with Crippen molar-refractivity contribution in [3.8, 4) is 22.9 Å². The molecule has 0 spiro atoms.